The van der Waals surface area contributed by atoms with Crippen LogP contribution < -0.4 is 20.5 Å². The Balaban J connectivity index is 1.39. The number of methoxy groups -OCH3 is 1. The van der Waals surface area contributed by atoms with Crippen molar-refractivity contribution in [3.63, 3.8) is 0 Å². The summed E-state index contributed by atoms with van der Waals surface area (Å²) in [6.45, 7) is 0.0208. The third-order valence-electron chi connectivity index (χ3n) is 4.64. The van der Waals surface area contributed by atoms with Crippen molar-refractivity contribution >= 4 is 23.2 Å². The minimum absolute atomic E-state index is 0.247. The summed E-state index contributed by atoms with van der Waals surface area (Å²) in [5.41, 5.74) is 8.01. The SMILES string of the molecule is COc1cc(CNC(=O)c2csc(-c3cnn(-c4ccccc4)c3)n2)ccc1OCC(N)=O. The first-order valence-electron chi connectivity index (χ1n) is 9.95. The molecule has 2 heterocycles. The van der Waals surface area contributed by atoms with Crippen LogP contribution in [-0.4, -0.2) is 40.3 Å². The van der Waals surface area contributed by atoms with E-state index in [-0.39, 0.29) is 19.1 Å². The maximum atomic E-state index is 12.6. The Hall–Kier alpha value is -4.18. The Morgan fingerprint density at radius 3 is 2.73 bits per heavy atom. The Bertz CT molecular complexity index is 1270. The summed E-state index contributed by atoms with van der Waals surface area (Å²) in [6, 6.07) is 14.9. The number of ether oxygens (including phenoxy) is 2. The number of nitrogens with two attached hydrogens (primary N) is 1. The van der Waals surface area contributed by atoms with Crippen LogP contribution in [0.1, 0.15) is 16.1 Å². The summed E-state index contributed by atoms with van der Waals surface area (Å²) < 4.78 is 12.4. The Morgan fingerprint density at radius 1 is 1.15 bits per heavy atom. The highest BCUT2D eigenvalue weighted by atomic mass is 32.1. The molecule has 0 unspecified atom stereocenters. The second-order valence-electron chi connectivity index (χ2n) is 6.97. The summed E-state index contributed by atoms with van der Waals surface area (Å²) in [4.78, 5) is 28.0. The summed E-state index contributed by atoms with van der Waals surface area (Å²) >= 11 is 1.38. The second kappa shape index (κ2) is 9.96. The predicted octanol–water partition coefficient (Wildman–Crippen LogP) is 2.80. The molecule has 0 saturated carbocycles. The van der Waals surface area contributed by atoms with Crippen LogP contribution in [0.25, 0.3) is 16.3 Å². The van der Waals surface area contributed by atoms with Gasteiger partial charge < -0.3 is 20.5 Å². The third-order valence-corrected chi connectivity index (χ3v) is 5.53. The lowest BCUT2D eigenvalue weighted by Crippen LogP contribution is -2.23. The predicted molar refractivity (Wildman–Crippen MR) is 124 cm³/mol. The first-order chi connectivity index (χ1) is 16.0. The van der Waals surface area contributed by atoms with E-state index < -0.39 is 5.91 Å². The van der Waals surface area contributed by atoms with Crippen LogP contribution in [0.5, 0.6) is 11.5 Å². The topological polar surface area (TPSA) is 121 Å². The van der Waals surface area contributed by atoms with Gasteiger partial charge in [-0.1, -0.05) is 24.3 Å². The number of nitrogens with zero attached hydrogens (tertiary/aromatic N) is 3. The Labute approximate surface area is 193 Å². The highest BCUT2D eigenvalue weighted by Crippen LogP contribution is 2.28. The highest BCUT2D eigenvalue weighted by molar-refractivity contribution is 7.13. The zero-order chi connectivity index (χ0) is 23.2. The molecule has 0 spiro atoms. The zero-order valence-corrected chi connectivity index (χ0v) is 18.5. The molecule has 0 radical (unpaired) electrons. The van der Waals surface area contributed by atoms with Crippen molar-refractivity contribution in [1.82, 2.24) is 20.1 Å². The molecule has 9 nitrogen and oxygen atoms in total. The number of thiazole rings is 1. The molecule has 4 aromatic rings. The first-order valence-corrected chi connectivity index (χ1v) is 10.8. The Kier molecular flexibility index (Phi) is 6.65. The van der Waals surface area contributed by atoms with E-state index in [0.717, 1.165) is 16.8 Å². The molecule has 2 amide bonds. The standard InChI is InChI=1S/C23H21N5O4S/c1-31-20-9-15(7-8-19(20)32-13-21(24)29)10-25-22(30)18-14-33-23(27-18)16-11-26-28(12-16)17-5-3-2-4-6-17/h2-9,11-12,14H,10,13H2,1H3,(H2,24,29)(H,25,30). The summed E-state index contributed by atoms with van der Waals surface area (Å²) in [5, 5.41) is 9.64. The van der Waals surface area contributed by atoms with E-state index in [0.29, 0.717) is 22.2 Å². The van der Waals surface area contributed by atoms with Crippen LogP contribution in [0.15, 0.2) is 66.3 Å². The molecule has 0 aliphatic rings. The van der Waals surface area contributed by atoms with Gasteiger partial charge in [-0.15, -0.1) is 11.3 Å². The molecular weight excluding hydrogens is 442 g/mol. The molecule has 0 atom stereocenters. The molecule has 33 heavy (non-hydrogen) atoms. The second-order valence-corrected chi connectivity index (χ2v) is 7.83. The van der Waals surface area contributed by atoms with Gasteiger partial charge in [0.1, 0.15) is 10.7 Å². The van der Waals surface area contributed by atoms with Gasteiger partial charge in [0.05, 0.1) is 19.0 Å². The summed E-state index contributed by atoms with van der Waals surface area (Å²) in [7, 11) is 1.49. The van der Waals surface area contributed by atoms with Crippen molar-refractivity contribution < 1.29 is 19.1 Å². The van der Waals surface area contributed by atoms with Crippen LogP contribution in [0.4, 0.5) is 0 Å². The fourth-order valence-corrected chi connectivity index (χ4v) is 3.80. The van der Waals surface area contributed by atoms with Crippen LogP contribution in [0.2, 0.25) is 0 Å². The van der Waals surface area contributed by atoms with Crippen LogP contribution in [-0.2, 0) is 11.3 Å². The van der Waals surface area contributed by atoms with Gasteiger partial charge in [0, 0.05) is 23.7 Å². The van der Waals surface area contributed by atoms with Crippen LogP contribution >= 0.6 is 11.3 Å². The number of para-hydroxylation sites is 1. The smallest absolute Gasteiger partial charge is 0.271 e. The average Bonchev–Trinajstić information content (AvgIpc) is 3.52. The molecule has 168 valence electrons. The number of rotatable bonds is 9. The van der Waals surface area contributed by atoms with E-state index in [2.05, 4.69) is 15.4 Å². The number of aromatic nitrogens is 3. The fraction of sp³-hybridized carbons (Fsp3) is 0.130. The van der Waals surface area contributed by atoms with Crippen molar-refractivity contribution in [3.05, 3.63) is 77.6 Å². The minimum atomic E-state index is -0.580. The van der Waals surface area contributed by atoms with Gasteiger partial charge in [-0.05, 0) is 29.8 Å². The van der Waals surface area contributed by atoms with Crippen molar-refractivity contribution in [2.24, 2.45) is 5.73 Å². The van der Waals surface area contributed by atoms with Crippen LogP contribution in [0.3, 0.4) is 0 Å². The van der Waals surface area contributed by atoms with E-state index in [9.17, 15) is 9.59 Å². The number of hydrogen-bond acceptors (Lipinski definition) is 7. The average molecular weight is 464 g/mol. The highest BCUT2D eigenvalue weighted by Gasteiger charge is 2.14. The van der Waals surface area contributed by atoms with Crippen molar-refractivity contribution in [2.45, 2.75) is 6.54 Å². The molecule has 0 aliphatic heterocycles. The Morgan fingerprint density at radius 2 is 1.97 bits per heavy atom. The van der Waals surface area contributed by atoms with E-state index >= 15 is 0 Å². The molecule has 0 aliphatic carbocycles. The normalized spacial score (nSPS) is 10.6. The number of amides is 2. The largest absolute Gasteiger partial charge is 0.493 e. The van der Waals surface area contributed by atoms with E-state index in [1.807, 2.05) is 36.5 Å². The van der Waals surface area contributed by atoms with E-state index in [1.54, 1.807) is 34.5 Å². The molecule has 0 bridgehead atoms. The maximum absolute atomic E-state index is 12.6. The number of benzene rings is 2. The fourth-order valence-electron chi connectivity index (χ4n) is 3.03. The van der Waals surface area contributed by atoms with Gasteiger partial charge >= 0.3 is 0 Å². The maximum Gasteiger partial charge on any atom is 0.271 e. The van der Waals surface area contributed by atoms with Gasteiger partial charge in [-0.3, -0.25) is 9.59 Å². The van der Waals surface area contributed by atoms with Gasteiger partial charge in [-0.2, -0.15) is 5.10 Å². The van der Waals surface area contributed by atoms with Crippen LogP contribution in [0, 0.1) is 0 Å². The summed E-state index contributed by atoms with van der Waals surface area (Å²) in [6.07, 6.45) is 3.60. The quantitative estimate of drug-likeness (QED) is 0.394. The molecule has 0 fully saturated rings. The number of carbonyl (C=O) groups excluding carboxylic acids is 2. The monoisotopic (exact) mass is 463 g/mol. The number of primary amides is 1. The number of carbonyl (C=O) groups is 2. The lowest BCUT2D eigenvalue weighted by Gasteiger charge is -2.11. The lowest BCUT2D eigenvalue weighted by atomic mass is 10.2. The zero-order valence-electron chi connectivity index (χ0n) is 17.7. The van der Waals surface area contributed by atoms with Gasteiger partial charge in [0.25, 0.3) is 11.8 Å². The molecular formula is C23H21N5O4S. The van der Waals surface area contributed by atoms with Crippen molar-refractivity contribution in [3.8, 4) is 27.8 Å². The molecule has 4 rings (SSSR count). The van der Waals surface area contributed by atoms with Crippen molar-refractivity contribution in [1.29, 1.82) is 0 Å². The number of hydrogen-bond donors (Lipinski definition) is 2. The first kappa shape index (κ1) is 22.0. The third kappa shape index (κ3) is 5.36. The van der Waals surface area contributed by atoms with Gasteiger partial charge in [0.15, 0.2) is 18.1 Å². The number of nitrogens with one attached hydrogen (secondary N) is 1. The van der Waals surface area contributed by atoms with E-state index in [1.165, 1.54) is 18.4 Å². The molecule has 2 aromatic heterocycles. The van der Waals surface area contributed by atoms with E-state index in [4.69, 9.17) is 15.2 Å². The summed E-state index contributed by atoms with van der Waals surface area (Å²) in [5.74, 6) is -0.0367. The van der Waals surface area contributed by atoms with Crippen molar-refractivity contribution in [2.75, 3.05) is 13.7 Å². The molecule has 3 N–H and O–H groups in total. The minimum Gasteiger partial charge on any atom is -0.493 e. The molecule has 2 aromatic carbocycles. The lowest BCUT2D eigenvalue weighted by molar-refractivity contribution is -0.119. The van der Waals surface area contributed by atoms with Gasteiger partial charge in [-0.25, -0.2) is 9.67 Å². The molecule has 0 saturated heterocycles. The molecule has 10 heteroatoms. The van der Waals surface area contributed by atoms with Gasteiger partial charge in [0.2, 0.25) is 0 Å².